The van der Waals surface area contributed by atoms with Gasteiger partial charge in [0.2, 0.25) is 5.91 Å². The molecule has 2 aromatic rings. The van der Waals surface area contributed by atoms with Crippen molar-refractivity contribution in [3.05, 3.63) is 48.0 Å². The van der Waals surface area contributed by atoms with Crippen molar-refractivity contribution in [1.29, 1.82) is 5.26 Å². The predicted octanol–water partition coefficient (Wildman–Crippen LogP) is 2.96. The van der Waals surface area contributed by atoms with E-state index in [-0.39, 0.29) is 0 Å². The Morgan fingerprint density at radius 2 is 1.62 bits per heavy atom. The fraction of sp³-hybridized carbons (Fsp3) is 0.222. The number of hydrogen-bond donors (Lipinski definition) is 1. The Kier molecular flexibility index (Phi) is 5.63. The van der Waals surface area contributed by atoms with Gasteiger partial charge in [0.25, 0.3) is 0 Å². The standard InChI is InChI=1S/C18H18N2O4/c1-22-13-9-15(23-2)17(16(10-13)24-3)20-18(21)14(11-19)12-7-5-4-6-8-12/h4-10,14H,1-3H3,(H,20,21). The average Bonchev–Trinajstić information content (AvgIpc) is 2.63. The maximum atomic E-state index is 12.6. The minimum Gasteiger partial charge on any atom is -0.496 e. The van der Waals surface area contributed by atoms with E-state index in [0.717, 1.165) is 0 Å². The molecule has 1 atom stereocenters. The summed E-state index contributed by atoms with van der Waals surface area (Å²) in [6, 6.07) is 14.1. The Hall–Kier alpha value is -3.20. The summed E-state index contributed by atoms with van der Waals surface area (Å²) < 4.78 is 15.8. The zero-order valence-corrected chi connectivity index (χ0v) is 13.7. The molecule has 1 amide bonds. The van der Waals surface area contributed by atoms with E-state index >= 15 is 0 Å². The van der Waals surface area contributed by atoms with Gasteiger partial charge in [-0.05, 0) is 5.56 Å². The van der Waals surface area contributed by atoms with Crippen LogP contribution in [0.2, 0.25) is 0 Å². The zero-order valence-electron chi connectivity index (χ0n) is 13.7. The van der Waals surface area contributed by atoms with E-state index in [9.17, 15) is 10.1 Å². The summed E-state index contributed by atoms with van der Waals surface area (Å²) in [5.41, 5.74) is 0.964. The van der Waals surface area contributed by atoms with Crippen molar-refractivity contribution in [1.82, 2.24) is 0 Å². The molecule has 0 fully saturated rings. The molecule has 0 radical (unpaired) electrons. The van der Waals surface area contributed by atoms with Gasteiger partial charge in [-0.1, -0.05) is 30.3 Å². The van der Waals surface area contributed by atoms with Crippen molar-refractivity contribution in [2.75, 3.05) is 26.6 Å². The normalized spacial score (nSPS) is 11.1. The number of methoxy groups -OCH3 is 3. The minimum atomic E-state index is -0.942. The van der Waals surface area contributed by atoms with Crippen molar-refractivity contribution in [3.63, 3.8) is 0 Å². The van der Waals surface area contributed by atoms with Crippen molar-refractivity contribution in [3.8, 4) is 23.3 Å². The van der Waals surface area contributed by atoms with Crippen molar-refractivity contribution in [2.24, 2.45) is 0 Å². The lowest BCUT2D eigenvalue weighted by Gasteiger charge is -2.17. The molecule has 1 unspecified atom stereocenters. The number of carbonyl (C=O) groups excluding carboxylic acids is 1. The van der Waals surface area contributed by atoms with Crippen LogP contribution in [0.4, 0.5) is 5.69 Å². The number of anilines is 1. The molecule has 0 spiro atoms. The molecule has 0 aromatic heterocycles. The Morgan fingerprint density at radius 1 is 1.04 bits per heavy atom. The van der Waals surface area contributed by atoms with E-state index in [1.54, 1.807) is 36.4 Å². The molecule has 2 rings (SSSR count). The first-order valence-corrected chi connectivity index (χ1v) is 7.20. The third-order valence-electron chi connectivity index (χ3n) is 3.49. The smallest absolute Gasteiger partial charge is 0.246 e. The highest BCUT2D eigenvalue weighted by molar-refractivity contribution is 6.00. The van der Waals surface area contributed by atoms with Crippen LogP contribution in [0.5, 0.6) is 17.2 Å². The Bertz CT molecular complexity index is 728. The topological polar surface area (TPSA) is 80.6 Å². The summed E-state index contributed by atoms with van der Waals surface area (Å²) in [4.78, 5) is 12.6. The van der Waals surface area contributed by atoms with Crippen molar-refractivity contribution in [2.45, 2.75) is 5.92 Å². The molecule has 124 valence electrons. The maximum absolute atomic E-state index is 12.6. The van der Waals surface area contributed by atoms with E-state index in [1.807, 2.05) is 12.1 Å². The molecule has 0 aliphatic heterocycles. The summed E-state index contributed by atoms with van der Waals surface area (Å²) in [6.45, 7) is 0. The average molecular weight is 326 g/mol. The number of nitrogens with one attached hydrogen (secondary N) is 1. The van der Waals surface area contributed by atoms with Gasteiger partial charge in [-0.2, -0.15) is 5.26 Å². The summed E-state index contributed by atoms with van der Waals surface area (Å²) >= 11 is 0. The van der Waals surface area contributed by atoms with Gasteiger partial charge in [-0.15, -0.1) is 0 Å². The highest BCUT2D eigenvalue weighted by Gasteiger charge is 2.23. The summed E-state index contributed by atoms with van der Waals surface area (Å²) in [7, 11) is 4.47. The van der Waals surface area contributed by atoms with Crippen LogP contribution in [0.1, 0.15) is 11.5 Å². The predicted molar refractivity (Wildman–Crippen MR) is 89.5 cm³/mol. The van der Waals surface area contributed by atoms with Crippen LogP contribution >= 0.6 is 0 Å². The number of rotatable bonds is 6. The monoisotopic (exact) mass is 326 g/mol. The second-order valence-electron chi connectivity index (χ2n) is 4.87. The largest absolute Gasteiger partial charge is 0.496 e. The van der Waals surface area contributed by atoms with E-state index in [0.29, 0.717) is 28.5 Å². The molecular formula is C18H18N2O4. The van der Waals surface area contributed by atoms with Gasteiger partial charge in [0.1, 0.15) is 22.9 Å². The number of benzene rings is 2. The van der Waals surface area contributed by atoms with E-state index < -0.39 is 11.8 Å². The fourth-order valence-electron chi connectivity index (χ4n) is 2.25. The quantitative estimate of drug-likeness (QED) is 0.882. The molecule has 1 N–H and O–H groups in total. The second kappa shape index (κ2) is 7.88. The van der Waals surface area contributed by atoms with Crippen LogP contribution in [-0.4, -0.2) is 27.2 Å². The Morgan fingerprint density at radius 3 is 2.08 bits per heavy atom. The Balaban J connectivity index is 2.36. The number of amides is 1. The number of hydrogen-bond acceptors (Lipinski definition) is 5. The molecule has 0 bridgehead atoms. The van der Waals surface area contributed by atoms with Crippen LogP contribution in [0, 0.1) is 11.3 Å². The van der Waals surface area contributed by atoms with Crippen LogP contribution in [-0.2, 0) is 4.79 Å². The highest BCUT2D eigenvalue weighted by atomic mass is 16.5. The SMILES string of the molecule is COc1cc(OC)c(NC(=O)C(C#N)c2ccccc2)c(OC)c1. The maximum Gasteiger partial charge on any atom is 0.246 e. The van der Waals surface area contributed by atoms with Crippen LogP contribution in [0.3, 0.4) is 0 Å². The molecule has 0 aliphatic carbocycles. The minimum absolute atomic E-state index is 0.349. The van der Waals surface area contributed by atoms with Gasteiger partial charge < -0.3 is 19.5 Å². The molecule has 6 nitrogen and oxygen atoms in total. The highest BCUT2D eigenvalue weighted by Crippen LogP contribution is 2.39. The number of nitriles is 1. The lowest BCUT2D eigenvalue weighted by Crippen LogP contribution is -2.20. The number of nitrogens with zero attached hydrogens (tertiary/aromatic N) is 1. The third-order valence-corrected chi connectivity index (χ3v) is 3.49. The first kappa shape index (κ1) is 17.2. The first-order chi connectivity index (χ1) is 11.6. The molecule has 0 heterocycles. The molecule has 24 heavy (non-hydrogen) atoms. The molecular weight excluding hydrogens is 308 g/mol. The summed E-state index contributed by atoms with van der Waals surface area (Å²) in [5, 5.41) is 12.1. The van der Waals surface area contributed by atoms with Gasteiger partial charge in [0.05, 0.1) is 27.4 Å². The van der Waals surface area contributed by atoms with Crippen LogP contribution < -0.4 is 19.5 Å². The number of carbonyl (C=O) groups is 1. The lowest BCUT2D eigenvalue weighted by molar-refractivity contribution is -0.116. The van der Waals surface area contributed by atoms with Gasteiger partial charge >= 0.3 is 0 Å². The van der Waals surface area contributed by atoms with Crippen LogP contribution in [0.25, 0.3) is 0 Å². The molecule has 6 heteroatoms. The fourth-order valence-corrected chi connectivity index (χ4v) is 2.25. The number of ether oxygens (including phenoxy) is 3. The van der Waals surface area contributed by atoms with Gasteiger partial charge in [0.15, 0.2) is 5.92 Å². The van der Waals surface area contributed by atoms with E-state index in [1.165, 1.54) is 21.3 Å². The molecule has 0 saturated heterocycles. The summed E-state index contributed by atoms with van der Waals surface area (Å²) in [6.07, 6.45) is 0. The zero-order chi connectivity index (χ0) is 17.5. The van der Waals surface area contributed by atoms with E-state index in [2.05, 4.69) is 5.32 Å². The lowest BCUT2D eigenvalue weighted by atomic mass is 10.00. The van der Waals surface area contributed by atoms with Crippen molar-refractivity contribution < 1.29 is 19.0 Å². The molecule has 0 saturated carbocycles. The summed E-state index contributed by atoms with van der Waals surface area (Å²) in [5.74, 6) is -0.122. The van der Waals surface area contributed by atoms with Crippen molar-refractivity contribution >= 4 is 11.6 Å². The third kappa shape index (κ3) is 3.58. The first-order valence-electron chi connectivity index (χ1n) is 7.20. The van der Waals surface area contributed by atoms with Gasteiger partial charge in [-0.3, -0.25) is 4.79 Å². The molecule has 2 aromatic carbocycles. The van der Waals surface area contributed by atoms with Gasteiger partial charge in [0, 0.05) is 12.1 Å². The second-order valence-corrected chi connectivity index (χ2v) is 4.87. The van der Waals surface area contributed by atoms with Gasteiger partial charge in [-0.25, -0.2) is 0 Å². The van der Waals surface area contributed by atoms with E-state index in [4.69, 9.17) is 14.2 Å². The Labute approximate surface area is 140 Å². The van der Waals surface area contributed by atoms with Crippen LogP contribution in [0.15, 0.2) is 42.5 Å². The molecule has 0 aliphatic rings.